The summed E-state index contributed by atoms with van der Waals surface area (Å²) in [6.07, 6.45) is 1.85. The minimum Gasteiger partial charge on any atom is -0.340 e. The lowest BCUT2D eigenvalue weighted by Gasteiger charge is -2.06. The molecule has 0 unspecified atom stereocenters. The van der Waals surface area contributed by atoms with Crippen molar-refractivity contribution in [3.8, 4) is 0 Å². The lowest BCUT2D eigenvalue weighted by atomic mass is 10.1. The Labute approximate surface area is 126 Å². The molecule has 0 saturated heterocycles. The van der Waals surface area contributed by atoms with Crippen molar-refractivity contribution in [2.75, 3.05) is 0 Å². The van der Waals surface area contributed by atoms with Crippen LogP contribution in [0.2, 0.25) is 10.0 Å². The van der Waals surface area contributed by atoms with Gasteiger partial charge in [0.25, 0.3) is 0 Å². The number of hydrogen-bond acceptors (Lipinski definition) is 1. The summed E-state index contributed by atoms with van der Waals surface area (Å²) in [5.41, 5.74) is 1.56. The van der Waals surface area contributed by atoms with E-state index in [9.17, 15) is 4.79 Å². The maximum absolute atomic E-state index is 12.2. The Morgan fingerprint density at radius 2 is 1.80 bits per heavy atom. The zero-order chi connectivity index (χ0) is 14.1. The van der Waals surface area contributed by atoms with Crippen LogP contribution < -0.4 is 0 Å². The number of carbonyl (C=O) groups excluding carboxylic acids is 1. The van der Waals surface area contributed by atoms with Crippen molar-refractivity contribution < 1.29 is 4.79 Å². The predicted octanol–water partition coefficient (Wildman–Crippen LogP) is 4.83. The van der Waals surface area contributed by atoms with Crippen LogP contribution in [0, 0.1) is 0 Å². The number of carbonyl (C=O) groups is 1. The summed E-state index contributed by atoms with van der Waals surface area (Å²) < 4.78 is 1.86. The highest BCUT2D eigenvalue weighted by atomic mass is 35.5. The summed E-state index contributed by atoms with van der Waals surface area (Å²) in [5, 5.41) is 2.06. The molecule has 0 aliphatic rings. The van der Waals surface area contributed by atoms with Crippen LogP contribution in [-0.4, -0.2) is 10.4 Å². The van der Waals surface area contributed by atoms with E-state index >= 15 is 0 Å². The van der Waals surface area contributed by atoms with Crippen LogP contribution in [0.4, 0.5) is 0 Å². The molecular formula is C16H11Cl2NO. The molecule has 0 aliphatic carbocycles. The molecule has 0 aliphatic heterocycles. The maximum Gasteiger partial charge on any atom is 0.182 e. The first-order valence-electron chi connectivity index (χ1n) is 6.17. The van der Waals surface area contributed by atoms with E-state index in [1.165, 1.54) is 0 Å². The highest BCUT2D eigenvalue weighted by Gasteiger charge is 2.10. The molecule has 0 amide bonds. The maximum atomic E-state index is 12.2. The van der Waals surface area contributed by atoms with Gasteiger partial charge in [0.05, 0.1) is 17.1 Å². The van der Waals surface area contributed by atoms with E-state index < -0.39 is 0 Å². The molecule has 4 heteroatoms. The van der Waals surface area contributed by atoms with Crippen molar-refractivity contribution in [3.63, 3.8) is 0 Å². The summed E-state index contributed by atoms with van der Waals surface area (Å²) in [5.74, 6) is 0.0548. The van der Waals surface area contributed by atoms with Crippen molar-refractivity contribution in [1.29, 1.82) is 0 Å². The summed E-state index contributed by atoms with van der Waals surface area (Å²) >= 11 is 12.2. The van der Waals surface area contributed by atoms with Crippen LogP contribution in [0.5, 0.6) is 0 Å². The molecule has 0 saturated carbocycles. The third kappa shape index (κ3) is 2.45. The van der Waals surface area contributed by atoms with E-state index in [1.54, 1.807) is 6.07 Å². The smallest absolute Gasteiger partial charge is 0.182 e. The quantitative estimate of drug-likeness (QED) is 0.635. The molecule has 0 atom stereocenters. The van der Waals surface area contributed by atoms with Crippen LogP contribution in [0.25, 0.3) is 10.9 Å². The molecule has 0 spiro atoms. The molecule has 0 bridgehead atoms. The summed E-state index contributed by atoms with van der Waals surface area (Å²) in [6.45, 7) is 0.268. The monoisotopic (exact) mass is 303 g/mol. The fourth-order valence-corrected chi connectivity index (χ4v) is 2.77. The zero-order valence-corrected chi connectivity index (χ0v) is 12.0. The molecule has 1 aromatic heterocycles. The van der Waals surface area contributed by atoms with Crippen LogP contribution in [-0.2, 0) is 6.54 Å². The Morgan fingerprint density at radius 1 is 1.05 bits per heavy atom. The van der Waals surface area contributed by atoms with E-state index in [0.29, 0.717) is 15.6 Å². The third-order valence-corrected chi connectivity index (χ3v) is 3.74. The largest absolute Gasteiger partial charge is 0.340 e. The first-order valence-corrected chi connectivity index (χ1v) is 6.93. The number of ketones is 1. The van der Waals surface area contributed by atoms with Gasteiger partial charge in [0, 0.05) is 22.2 Å². The van der Waals surface area contributed by atoms with E-state index in [-0.39, 0.29) is 12.3 Å². The Bertz CT molecular complexity index is 778. The van der Waals surface area contributed by atoms with Crippen molar-refractivity contribution in [1.82, 2.24) is 4.57 Å². The number of benzene rings is 2. The second-order valence-electron chi connectivity index (χ2n) is 4.55. The van der Waals surface area contributed by atoms with Gasteiger partial charge in [-0.2, -0.15) is 0 Å². The molecular weight excluding hydrogens is 293 g/mol. The van der Waals surface area contributed by atoms with Crippen molar-refractivity contribution >= 4 is 39.9 Å². The number of rotatable bonds is 3. The normalized spacial score (nSPS) is 10.9. The standard InChI is InChI=1S/C16H11Cl2NO/c17-12-8-14(18)13-6-7-19(15(13)9-12)10-16(20)11-4-2-1-3-5-11/h1-9H,10H2. The highest BCUT2D eigenvalue weighted by molar-refractivity contribution is 6.38. The molecule has 100 valence electrons. The van der Waals surface area contributed by atoms with Gasteiger partial charge < -0.3 is 4.57 Å². The Hall–Kier alpha value is -1.77. The number of Topliss-reactive ketones (excluding diaryl/α,β-unsaturated/α-hetero) is 1. The van der Waals surface area contributed by atoms with Gasteiger partial charge in [-0.3, -0.25) is 4.79 Å². The molecule has 20 heavy (non-hydrogen) atoms. The van der Waals surface area contributed by atoms with Crippen LogP contribution in [0.1, 0.15) is 10.4 Å². The van der Waals surface area contributed by atoms with Crippen LogP contribution >= 0.6 is 23.2 Å². The number of halogens is 2. The van der Waals surface area contributed by atoms with Crippen molar-refractivity contribution in [2.24, 2.45) is 0 Å². The van der Waals surface area contributed by atoms with Gasteiger partial charge in [-0.25, -0.2) is 0 Å². The van der Waals surface area contributed by atoms with Gasteiger partial charge in [0.15, 0.2) is 5.78 Å². The van der Waals surface area contributed by atoms with Gasteiger partial charge in [0.1, 0.15) is 0 Å². The average Bonchev–Trinajstić information content (AvgIpc) is 2.83. The van der Waals surface area contributed by atoms with Crippen LogP contribution in [0.3, 0.4) is 0 Å². The minimum absolute atomic E-state index is 0.0548. The molecule has 2 nitrogen and oxygen atoms in total. The van der Waals surface area contributed by atoms with E-state index in [4.69, 9.17) is 23.2 Å². The summed E-state index contributed by atoms with van der Waals surface area (Å²) in [6, 6.07) is 14.6. The molecule has 0 radical (unpaired) electrons. The van der Waals surface area contributed by atoms with E-state index in [1.807, 2.05) is 53.2 Å². The molecule has 3 rings (SSSR count). The predicted molar refractivity (Wildman–Crippen MR) is 82.7 cm³/mol. The zero-order valence-electron chi connectivity index (χ0n) is 10.5. The molecule has 0 fully saturated rings. The number of nitrogens with zero attached hydrogens (tertiary/aromatic N) is 1. The fraction of sp³-hybridized carbons (Fsp3) is 0.0625. The van der Waals surface area contributed by atoms with Gasteiger partial charge in [-0.15, -0.1) is 0 Å². The summed E-state index contributed by atoms with van der Waals surface area (Å²) in [7, 11) is 0. The fourth-order valence-electron chi connectivity index (χ4n) is 2.23. The van der Waals surface area contributed by atoms with Crippen LogP contribution in [0.15, 0.2) is 54.7 Å². The average molecular weight is 304 g/mol. The SMILES string of the molecule is O=C(Cn1ccc2c(Cl)cc(Cl)cc21)c1ccccc1. The van der Waals surface area contributed by atoms with Gasteiger partial charge >= 0.3 is 0 Å². The molecule has 1 heterocycles. The van der Waals surface area contributed by atoms with E-state index in [0.717, 1.165) is 10.9 Å². The lowest BCUT2D eigenvalue weighted by Crippen LogP contribution is -2.09. The van der Waals surface area contributed by atoms with Crippen molar-refractivity contribution in [2.45, 2.75) is 6.54 Å². The van der Waals surface area contributed by atoms with Gasteiger partial charge in [-0.1, -0.05) is 53.5 Å². The van der Waals surface area contributed by atoms with E-state index in [2.05, 4.69) is 0 Å². The minimum atomic E-state index is 0.0548. The first-order chi connectivity index (χ1) is 9.65. The van der Waals surface area contributed by atoms with Gasteiger partial charge in [0.2, 0.25) is 0 Å². The Balaban J connectivity index is 1.98. The highest BCUT2D eigenvalue weighted by Crippen LogP contribution is 2.28. The Kier molecular flexibility index (Phi) is 3.51. The second kappa shape index (κ2) is 5.31. The van der Waals surface area contributed by atoms with Gasteiger partial charge in [-0.05, 0) is 18.2 Å². The lowest BCUT2D eigenvalue weighted by molar-refractivity contribution is 0.0973. The molecule has 2 aromatic carbocycles. The number of fused-ring (bicyclic) bond motifs is 1. The molecule has 3 aromatic rings. The first kappa shape index (κ1) is 13.2. The number of hydrogen-bond donors (Lipinski definition) is 0. The second-order valence-corrected chi connectivity index (χ2v) is 5.40. The number of aromatic nitrogens is 1. The Morgan fingerprint density at radius 3 is 2.55 bits per heavy atom. The third-order valence-electron chi connectivity index (χ3n) is 3.21. The molecule has 0 N–H and O–H groups in total. The summed E-state index contributed by atoms with van der Waals surface area (Å²) in [4.78, 5) is 12.2. The topological polar surface area (TPSA) is 22.0 Å². The van der Waals surface area contributed by atoms with Crippen molar-refractivity contribution in [3.05, 3.63) is 70.3 Å².